The van der Waals surface area contributed by atoms with Crippen LogP contribution in [0.25, 0.3) is 0 Å². The summed E-state index contributed by atoms with van der Waals surface area (Å²) in [7, 11) is 0. The van der Waals surface area contributed by atoms with E-state index in [0.29, 0.717) is 13.1 Å². The molecule has 1 aromatic carbocycles. The molecule has 18 heavy (non-hydrogen) atoms. The maximum absolute atomic E-state index is 12.9. The van der Waals surface area contributed by atoms with E-state index in [2.05, 4.69) is 0 Å². The van der Waals surface area contributed by atoms with Gasteiger partial charge in [0.2, 0.25) is 6.41 Å². The van der Waals surface area contributed by atoms with Crippen LogP contribution in [0, 0.1) is 0 Å². The molecule has 3 nitrogen and oxygen atoms in total. The van der Waals surface area contributed by atoms with E-state index in [1.807, 2.05) is 0 Å². The molecule has 0 aliphatic carbocycles. The normalized spacial score (nSPS) is 19.0. The van der Waals surface area contributed by atoms with Crippen molar-refractivity contribution in [3.05, 3.63) is 35.4 Å². The molecule has 1 aliphatic rings. The Hall–Kier alpha value is -1.49. The van der Waals surface area contributed by atoms with Crippen molar-refractivity contribution in [2.75, 3.05) is 13.1 Å². The molecule has 0 bridgehead atoms. The lowest BCUT2D eigenvalue weighted by Gasteiger charge is -2.37. The molecule has 2 rings (SSSR count). The van der Waals surface area contributed by atoms with Gasteiger partial charge >= 0.3 is 0 Å². The highest BCUT2D eigenvalue weighted by Gasteiger charge is 2.36. The fourth-order valence-electron chi connectivity index (χ4n) is 2.38. The average molecular weight is 255 g/mol. The molecule has 1 amide bonds. The lowest BCUT2D eigenvalue weighted by atomic mass is 9.82. The van der Waals surface area contributed by atoms with Crippen LogP contribution in [-0.4, -0.2) is 29.5 Å². The van der Waals surface area contributed by atoms with Gasteiger partial charge in [0.1, 0.15) is 0 Å². The maximum Gasteiger partial charge on any atom is 0.264 e. The van der Waals surface area contributed by atoms with Crippen LogP contribution in [0.15, 0.2) is 24.3 Å². The van der Waals surface area contributed by atoms with Crippen LogP contribution >= 0.6 is 0 Å². The Labute approximate surface area is 104 Å². The first-order chi connectivity index (χ1) is 8.57. The second-order valence-electron chi connectivity index (χ2n) is 4.56. The van der Waals surface area contributed by atoms with Crippen molar-refractivity contribution in [2.24, 2.45) is 0 Å². The lowest BCUT2D eigenvalue weighted by Crippen LogP contribution is -2.42. The van der Waals surface area contributed by atoms with Crippen molar-refractivity contribution in [3.8, 4) is 0 Å². The molecule has 1 heterocycles. The summed E-state index contributed by atoms with van der Waals surface area (Å²) in [4.78, 5) is 12.1. The number of nitrogens with zero attached hydrogens (tertiary/aromatic N) is 1. The van der Waals surface area contributed by atoms with Gasteiger partial charge < -0.3 is 10.0 Å². The lowest BCUT2D eigenvalue weighted by molar-refractivity contribution is -0.122. The predicted molar refractivity (Wildman–Crippen MR) is 62.2 cm³/mol. The molecular formula is C13H15F2NO2. The van der Waals surface area contributed by atoms with E-state index in [9.17, 15) is 18.7 Å². The summed E-state index contributed by atoms with van der Waals surface area (Å²) < 4.78 is 25.8. The standard InChI is InChI=1S/C13H15F2NO2/c14-12(15)10-3-1-2-4-11(10)13(18)5-7-16(9-17)8-6-13/h1-4,9,12,18H,5-8H2. The van der Waals surface area contributed by atoms with Gasteiger partial charge in [-0.3, -0.25) is 4.79 Å². The minimum Gasteiger partial charge on any atom is -0.385 e. The zero-order valence-electron chi connectivity index (χ0n) is 9.85. The van der Waals surface area contributed by atoms with Crippen LogP contribution in [0.2, 0.25) is 0 Å². The predicted octanol–water partition coefficient (Wildman–Crippen LogP) is 2.06. The van der Waals surface area contributed by atoms with Crippen molar-refractivity contribution in [1.29, 1.82) is 0 Å². The molecule has 0 aromatic heterocycles. The minimum atomic E-state index is -2.60. The van der Waals surface area contributed by atoms with E-state index in [-0.39, 0.29) is 24.0 Å². The Morgan fingerprint density at radius 1 is 1.28 bits per heavy atom. The van der Waals surface area contributed by atoms with Gasteiger partial charge in [0.05, 0.1) is 5.60 Å². The zero-order chi connectivity index (χ0) is 13.2. The summed E-state index contributed by atoms with van der Waals surface area (Å²) in [5, 5.41) is 10.5. The molecule has 0 radical (unpaired) electrons. The molecular weight excluding hydrogens is 240 g/mol. The number of hydrogen-bond donors (Lipinski definition) is 1. The number of halogens is 2. The van der Waals surface area contributed by atoms with Gasteiger partial charge in [-0.15, -0.1) is 0 Å². The van der Waals surface area contributed by atoms with Gasteiger partial charge in [0.25, 0.3) is 6.43 Å². The van der Waals surface area contributed by atoms with Crippen LogP contribution in [0.3, 0.4) is 0 Å². The summed E-state index contributed by atoms with van der Waals surface area (Å²) >= 11 is 0. The molecule has 5 heteroatoms. The molecule has 98 valence electrons. The number of aliphatic hydroxyl groups is 1. The number of alkyl halides is 2. The van der Waals surface area contributed by atoms with E-state index >= 15 is 0 Å². The average Bonchev–Trinajstić information content (AvgIpc) is 2.39. The van der Waals surface area contributed by atoms with Crippen LogP contribution < -0.4 is 0 Å². The number of rotatable bonds is 3. The largest absolute Gasteiger partial charge is 0.385 e. The van der Waals surface area contributed by atoms with Crippen molar-refractivity contribution in [1.82, 2.24) is 4.90 Å². The quantitative estimate of drug-likeness (QED) is 0.840. The number of carbonyl (C=O) groups is 1. The maximum atomic E-state index is 12.9. The van der Waals surface area contributed by atoms with Crippen LogP contribution in [0.1, 0.15) is 30.4 Å². The van der Waals surface area contributed by atoms with Crippen LogP contribution in [0.5, 0.6) is 0 Å². The molecule has 1 aromatic rings. The third-order valence-electron chi connectivity index (χ3n) is 3.47. The van der Waals surface area contributed by atoms with Crippen molar-refractivity contribution < 1.29 is 18.7 Å². The molecule has 1 saturated heterocycles. The van der Waals surface area contributed by atoms with E-state index in [1.165, 1.54) is 18.2 Å². The van der Waals surface area contributed by atoms with E-state index in [1.54, 1.807) is 11.0 Å². The monoisotopic (exact) mass is 255 g/mol. The van der Waals surface area contributed by atoms with Gasteiger partial charge in [-0.05, 0) is 18.4 Å². The number of amides is 1. The number of benzene rings is 1. The van der Waals surface area contributed by atoms with Crippen LogP contribution in [-0.2, 0) is 10.4 Å². The Morgan fingerprint density at radius 3 is 2.44 bits per heavy atom. The van der Waals surface area contributed by atoms with Gasteiger partial charge in [0.15, 0.2) is 0 Å². The van der Waals surface area contributed by atoms with E-state index < -0.39 is 12.0 Å². The van der Waals surface area contributed by atoms with Crippen molar-refractivity contribution in [3.63, 3.8) is 0 Å². The number of piperidine rings is 1. The zero-order valence-corrected chi connectivity index (χ0v) is 9.85. The Morgan fingerprint density at radius 2 is 1.89 bits per heavy atom. The molecule has 1 fully saturated rings. The Balaban J connectivity index is 2.28. The van der Waals surface area contributed by atoms with E-state index in [0.717, 1.165) is 6.41 Å². The third-order valence-corrected chi connectivity index (χ3v) is 3.47. The summed E-state index contributed by atoms with van der Waals surface area (Å²) in [5.74, 6) is 0. The van der Waals surface area contributed by atoms with Crippen LogP contribution in [0.4, 0.5) is 8.78 Å². The topological polar surface area (TPSA) is 40.5 Å². The van der Waals surface area contributed by atoms with Gasteiger partial charge in [-0.2, -0.15) is 0 Å². The first kappa shape index (κ1) is 13.0. The fraction of sp³-hybridized carbons (Fsp3) is 0.462. The van der Waals surface area contributed by atoms with E-state index in [4.69, 9.17) is 0 Å². The smallest absolute Gasteiger partial charge is 0.264 e. The number of likely N-dealkylation sites (tertiary alicyclic amines) is 1. The SMILES string of the molecule is O=CN1CCC(O)(c2ccccc2C(F)F)CC1. The second-order valence-corrected chi connectivity index (χ2v) is 4.56. The number of carbonyl (C=O) groups excluding carboxylic acids is 1. The summed E-state index contributed by atoms with van der Waals surface area (Å²) in [6.45, 7) is 0.773. The third kappa shape index (κ3) is 2.36. The van der Waals surface area contributed by atoms with Gasteiger partial charge in [0, 0.05) is 18.7 Å². The van der Waals surface area contributed by atoms with Crippen molar-refractivity contribution in [2.45, 2.75) is 24.9 Å². The van der Waals surface area contributed by atoms with Gasteiger partial charge in [-0.1, -0.05) is 24.3 Å². The molecule has 0 unspecified atom stereocenters. The first-order valence-electron chi connectivity index (χ1n) is 5.86. The fourth-order valence-corrected chi connectivity index (χ4v) is 2.38. The number of hydrogen-bond acceptors (Lipinski definition) is 2. The Kier molecular flexibility index (Phi) is 3.61. The van der Waals surface area contributed by atoms with Gasteiger partial charge in [-0.25, -0.2) is 8.78 Å². The first-order valence-corrected chi connectivity index (χ1v) is 5.86. The molecule has 0 saturated carbocycles. The highest BCUT2D eigenvalue weighted by atomic mass is 19.3. The molecule has 1 N–H and O–H groups in total. The minimum absolute atomic E-state index is 0.125. The summed E-state index contributed by atoms with van der Waals surface area (Å²) in [6.07, 6.45) is -1.31. The second kappa shape index (κ2) is 5.02. The molecule has 0 atom stereocenters. The highest BCUT2D eigenvalue weighted by molar-refractivity contribution is 5.47. The summed E-state index contributed by atoms with van der Waals surface area (Å²) in [5.41, 5.74) is -1.10. The Bertz CT molecular complexity index is 429. The highest BCUT2D eigenvalue weighted by Crippen LogP contribution is 2.37. The molecule has 1 aliphatic heterocycles. The molecule has 0 spiro atoms. The summed E-state index contributed by atoms with van der Waals surface area (Å²) in [6, 6.07) is 6.06. The van der Waals surface area contributed by atoms with Crippen molar-refractivity contribution >= 4 is 6.41 Å².